The minimum Gasteiger partial charge on any atom is -0.462 e. The molecule has 0 spiro atoms. The lowest BCUT2D eigenvalue weighted by molar-refractivity contribution is 0.525. The number of tetrazole rings is 1. The summed E-state index contributed by atoms with van der Waals surface area (Å²) in [5.41, 5.74) is 0. The van der Waals surface area contributed by atoms with Gasteiger partial charge in [-0.15, -0.1) is 10.2 Å². The van der Waals surface area contributed by atoms with Crippen LogP contribution >= 0.6 is 11.8 Å². The average Bonchev–Trinajstić information content (AvgIpc) is 2.98. The fraction of sp³-hybridized carbons (Fsp3) is 0.400. The van der Waals surface area contributed by atoms with Gasteiger partial charge in [-0.2, -0.15) is 0 Å². The molecule has 0 saturated heterocycles. The van der Waals surface area contributed by atoms with Gasteiger partial charge in [-0.1, -0.05) is 11.8 Å². The molecular formula is C15H17N7OS. The van der Waals surface area contributed by atoms with Crippen LogP contribution < -0.4 is 0 Å². The smallest absolute Gasteiger partial charge is 0.209 e. The summed E-state index contributed by atoms with van der Waals surface area (Å²) >= 11 is 1.53. The number of aromatic nitrogens is 7. The predicted octanol–water partition coefficient (Wildman–Crippen LogP) is 3.05. The lowest BCUT2D eigenvalue weighted by Crippen LogP contribution is -2.05. The van der Waals surface area contributed by atoms with Crippen LogP contribution in [0.5, 0.6) is 0 Å². The van der Waals surface area contributed by atoms with Crippen molar-refractivity contribution in [2.24, 2.45) is 0 Å². The second-order valence-corrected chi connectivity index (χ2v) is 7.07. The first kappa shape index (κ1) is 15.1. The number of furan rings is 1. The summed E-state index contributed by atoms with van der Waals surface area (Å²) in [4.78, 5) is 4.46. The molecule has 1 atom stereocenters. The molecule has 1 fully saturated rings. The van der Waals surface area contributed by atoms with Gasteiger partial charge in [0, 0.05) is 0 Å². The first-order valence-corrected chi connectivity index (χ1v) is 8.68. The van der Waals surface area contributed by atoms with Crippen molar-refractivity contribution >= 4 is 23.9 Å². The number of aryl methyl sites for hydroxylation is 1. The van der Waals surface area contributed by atoms with Crippen molar-refractivity contribution in [2.45, 2.75) is 43.1 Å². The van der Waals surface area contributed by atoms with Crippen LogP contribution in [0.4, 0.5) is 0 Å². The summed E-state index contributed by atoms with van der Waals surface area (Å²) in [6.07, 6.45) is 6.00. The highest BCUT2D eigenvalue weighted by molar-refractivity contribution is 7.99. The van der Waals surface area contributed by atoms with Crippen LogP contribution in [0.3, 0.4) is 0 Å². The van der Waals surface area contributed by atoms with E-state index >= 15 is 0 Å². The van der Waals surface area contributed by atoms with E-state index in [0.29, 0.717) is 17.0 Å². The minimum absolute atomic E-state index is 0.0842. The third-order valence-electron chi connectivity index (χ3n) is 3.71. The molecule has 0 aliphatic heterocycles. The van der Waals surface area contributed by atoms with E-state index in [-0.39, 0.29) is 5.25 Å². The van der Waals surface area contributed by atoms with E-state index in [9.17, 15) is 0 Å². The van der Waals surface area contributed by atoms with Crippen LogP contribution in [-0.2, 0) is 0 Å². The Morgan fingerprint density at radius 1 is 1.38 bits per heavy atom. The molecule has 0 bridgehead atoms. The fourth-order valence-electron chi connectivity index (χ4n) is 2.35. The molecule has 0 aromatic carbocycles. The van der Waals surface area contributed by atoms with Crippen LogP contribution in [0, 0.1) is 6.92 Å². The maximum Gasteiger partial charge on any atom is 0.209 e. The zero-order chi connectivity index (χ0) is 16.5. The molecule has 1 aliphatic carbocycles. The van der Waals surface area contributed by atoms with Gasteiger partial charge in [0.05, 0.1) is 11.3 Å². The van der Waals surface area contributed by atoms with Gasteiger partial charge in [0.2, 0.25) is 5.16 Å². The highest BCUT2D eigenvalue weighted by Crippen LogP contribution is 2.38. The third kappa shape index (κ3) is 3.25. The molecule has 1 N–H and O–H groups in total. The van der Waals surface area contributed by atoms with Crippen molar-refractivity contribution in [1.29, 1.82) is 0 Å². The predicted molar refractivity (Wildman–Crippen MR) is 89.1 cm³/mol. The van der Waals surface area contributed by atoms with Crippen LogP contribution in [0.1, 0.15) is 54.2 Å². The first-order valence-electron chi connectivity index (χ1n) is 7.80. The van der Waals surface area contributed by atoms with Crippen molar-refractivity contribution in [3.63, 3.8) is 0 Å². The summed E-state index contributed by atoms with van der Waals surface area (Å²) in [6, 6.07) is 4.30. The monoisotopic (exact) mass is 343 g/mol. The molecule has 1 unspecified atom stereocenters. The zero-order valence-electron chi connectivity index (χ0n) is 13.4. The van der Waals surface area contributed by atoms with E-state index in [2.05, 4.69) is 37.6 Å². The van der Waals surface area contributed by atoms with E-state index < -0.39 is 0 Å². The molecule has 1 aliphatic rings. The molecule has 9 heteroatoms. The van der Waals surface area contributed by atoms with Gasteiger partial charge in [-0.3, -0.25) is 5.10 Å². The molecule has 124 valence electrons. The number of thioether (sulfide) groups is 1. The number of rotatable bonds is 6. The Labute approximate surface area is 142 Å². The Hall–Kier alpha value is -2.42. The van der Waals surface area contributed by atoms with E-state index in [0.717, 1.165) is 30.2 Å². The van der Waals surface area contributed by atoms with Crippen LogP contribution in [0.15, 0.2) is 21.7 Å². The Morgan fingerprint density at radius 3 is 3.00 bits per heavy atom. The average molecular weight is 343 g/mol. The van der Waals surface area contributed by atoms with Gasteiger partial charge in [-0.25, -0.2) is 9.67 Å². The Bertz CT molecular complexity index is 861. The SMILES string of the molecule is Cc1ccc(C=Cc2nc(SC(C)c3nnnn3C3CC3)n[nH]2)o1. The van der Waals surface area contributed by atoms with Crippen molar-refractivity contribution in [3.8, 4) is 0 Å². The highest BCUT2D eigenvalue weighted by Gasteiger charge is 2.30. The molecule has 4 rings (SSSR count). The van der Waals surface area contributed by atoms with Crippen LogP contribution in [-0.4, -0.2) is 35.4 Å². The fourth-order valence-corrected chi connectivity index (χ4v) is 3.17. The Morgan fingerprint density at radius 2 is 2.25 bits per heavy atom. The van der Waals surface area contributed by atoms with Gasteiger partial charge in [-0.05, 0) is 61.4 Å². The number of hydrogen-bond donors (Lipinski definition) is 1. The van der Waals surface area contributed by atoms with Crippen LogP contribution in [0.25, 0.3) is 12.2 Å². The number of H-pyrrole nitrogens is 1. The van der Waals surface area contributed by atoms with Gasteiger partial charge < -0.3 is 4.42 Å². The van der Waals surface area contributed by atoms with E-state index in [1.54, 1.807) is 0 Å². The van der Waals surface area contributed by atoms with Crippen LogP contribution in [0.2, 0.25) is 0 Å². The molecule has 3 aromatic rings. The van der Waals surface area contributed by atoms with E-state index in [1.807, 2.05) is 35.9 Å². The van der Waals surface area contributed by atoms with E-state index in [4.69, 9.17) is 4.42 Å². The lowest BCUT2D eigenvalue weighted by Gasteiger charge is -2.08. The lowest BCUT2D eigenvalue weighted by atomic mass is 10.4. The van der Waals surface area contributed by atoms with Crippen molar-refractivity contribution in [3.05, 3.63) is 35.3 Å². The summed E-state index contributed by atoms with van der Waals surface area (Å²) < 4.78 is 7.41. The molecule has 0 amide bonds. The number of aromatic amines is 1. The number of nitrogens with one attached hydrogen (secondary N) is 1. The quantitative estimate of drug-likeness (QED) is 0.687. The summed E-state index contributed by atoms with van der Waals surface area (Å²) in [5.74, 6) is 3.22. The second kappa shape index (κ2) is 6.23. The summed E-state index contributed by atoms with van der Waals surface area (Å²) in [7, 11) is 0. The van der Waals surface area contributed by atoms with Crippen molar-refractivity contribution in [1.82, 2.24) is 35.4 Å². The van der Waals surface area contributed by atoms with Gasteiger partial charge in [0.15, 0.2) is 5.82 Å². The molecular weight excluding hydrogens is 326 g/mol. The van der Waals surface area contributed by atoms with E-state index in [1.165, 1.54) is 11.8 Å². The first-order chi connectivity index (χ1) is 11.7. The Kier molecular flexibility index (Phi) is 3.93. The van der Waals surface area contributed by atoms with Crippen molar-refractivity contribution < 1.29 is 4.42 Å². The number of hydrogen-bond acceptors (Lipinski definition) is 7. The second-order valence-electron chi connectivity index (χ2n) is 5.76. The van der Waals surface area contributed by atoms with Crippen molar-refractivity contribution in [2.75, 3.05) is 0 Å². The molecule has 3 aromatic heterocycles. The van der Waals surface area contributed by atoms with Gasteiger partial charge in [0.1, 0.15) is 17.3 Å². The summed E-state index contributed by atoms with van der Waals surface area (Å²) in [6.45, 7) is 3.98. The highest BCUT2D eigenvalue weighted by atomic mass is 32.2. The minimum atomic E-state index is 0.0842. The molecule has 0 radical (unpaired) electrons. The van der Waals surface area contributed by atoms with Gasteiger partial charge >= 0.3 is 0 Å². The normalized spacial score (nSPS) is 16.1. The maximum absolute atomic E-state index is 5.49. The largest absolute Gasteiger partial charge is 0.462 e. The maximum atomic E-state index is 5.49. The molecule has 1 saturated carbocycles. The summed E-state index contributed by atoms with van der Waals surface area (Å²) in [5, 5.41) is 19.9. The molecule has 8 nitrogen and oxygen atoms in total. The zero-order valence-corrected chi connectivity index (χ0v) is 14.2. The molecule has 3 heterocycles. The molecule has 24 heavy (non-hydrogen) atoms. The number of nitrogens with zero attached hydrogens (tertiary/aromatic N) is 6. The Balaban J connectivity index is 1.43. The third-order valence-corrected chi connectivity index (χ3v) is 4.66. The van der Waals surface area contributed by atoms with Gasteiger partial charge in [0.25, 0.3) is 0 Å². The topological polar surface area (TPSA) is 98.3 Å². The standard InChI is InChI=1S/C15H17N7OS/c1-9-3-6-12(23-9)7-8-13-16-15(19-17-13)24-10(2)14-18-20-21-22(14)11-4-5-11/h3,6-8,10-11H,4-5H2,1-2H3,(H,16,17,19).